The molecule has 0 aliphatic heterocycles. The van der Waals surface area contributed by atoms with Crippen molar-refractivity contribution in [1.29, 1.82) is 0 Å². The van der Waals surface area contributed by atoms with E-state index in [1.807, 2.05) is 42.5 Å². The summed E-state index contributed by atoms with van der Waals surface area (Å²) in [5.41, 5.74) is 6.06. The summed E-state index contributed by atoms with van der Waals surface area (Å²) in [5.74, 6) is -1.41. The molecule has 3 aromatic rings. The first-order chi connectivity index (χ1) is 13.8. The number of fused-ring (bicyclic) bond motifs is 1. The van der Waals surface area contributed by atoms with E-state index in [0.717, 1.165) is 16.3 Å². The van der Waals surface area contributed by atoms with Crippen molar-refractivity contribution in [2.45, 2.75) is 23.9 Å². The van der Waals surface area contributed by atoms with Crippen LogP contribution in [0.4, 0.5) is 0 Å². The molecular formula is C21H21N3O4S. The standard InChI is InChI=1S/C21H21N3O4S/c22-20(25)13-19(21(26)23-14-15-6-2-1-3-7-15)24-29(27,28)18-11-10-16-8-4-5-9-17(16)12-18/h1-12,19,24H,13-14H2,(H2,22,25)(H,23,26). The van der Waals surface area contributed by atoms with Crippen LogP contribution in [0.5, 0.6) is 0 Å². The molecule has 0 aromatic heterocycles. The zero-order valence-electron chi connectivity index (χ0n) is 15.5. The number of hydrogen-bond acceptors (Lipinski definition) is 4. The Hall–Kier alpha value is -3.23. The zero-order chi connectivity index (χ0) is 20.9. The van der Waals surface area contributed by atoms with Gasteiger partial charge in [-0.2, -0.15) is 4.72 Å². The Morgan fingerprint density at radius 3 is 2.24 bits per heavy atom. The van der Waals surface area contributed by atoms with Gasteiger partial charge in [-0.15, -0.1) is 0 Å². The molecule has 0 saturated carbocycles. The quantitative estimate of drug-likeness (QED) is 0.522. The van der Waals surface area contributed by atoms with E-state index in [1.54, 1.807) is 18.2 Å². The Balaban J connectivity index is 1.78. The second kappa shape index (κ2) is 8.85. The molecule has 1 atom stereocenters. The monoisotopic (exact) mass is 411 g/mol. The van der Waals surface area contributed by atoms with E-state index in [9.17, 15) is 18.0 Å². The van der Waals surface area contributed by atoms with Crippen molar-refractivity contribution in [3.63, 3.8) is 0 Å². The van der Waals surface area contributed by atoms with Gasteiger partial charge in [0.1, 0.15) is 6.04 Å². The molecular weight excluding hydrogens is 390 g/mol. The lowest BCUT2D eigenvalue weighted by atomic mass is 10.1. The van der Waals surface area contributed by atoms with Crippen LogP contribution in [-0.4, -0.2) is 26.3 Å². The van der Waals surface area contributed by atoms with E-state index >= 15 is 0 Å². The van der Waals surface area contributed by atoms with Gasteiger partial charge in [-0.25, -0.2) is 8.42 Å². The minimum Gasteiger partial charge on any atom is -0.370 e. The Morgan fingerprint density at radius 1 is 0.897 bits per heavy atom. The summed E-state index contributed by atoms with van der Waals surface area (Å²) in [6.07, 6.45) is -0.451. The number of carbonyl (C=O) groups is 2. The molecule has 3 rings (SSSR count). The smallest absolute Gasteiger partial charge is 0.241 e. The predicted molar refractivity (Wildman–Crippen MR) is 110 cm³/mol. The molecule has 0 bridgehead atoms. The van der Waals surface area contributed by atoms with Gasteiger partial charge in [0.25, 0.3) is 0 Å². The van der Waals surface area contributed by atoms with E-state index in [-0.39, 0.29) is 11.4 Å². The molecule has 0 aliphatic carbocycles. The summed E-state index contributed by atoms with van der Waals surface area (Å²) in [6.45, 7) is 0.201. The fraction of sp³-hybridized carbons (Fsp3) is 0.143. The summed E-state index contributed by atoms with van der Waals surface area (Å²) < 4.78 is 27.9. The summed E-state index contributed by atoms with van der Waals surface area (Å²) in [5, 5.41) is 4.27. The number of benzene rings is 3. The van der Waals surface area contributed by atoms with Gasteiger partial charge in [-0.05, 0) is 28.5 Å². The Labute approximate surface area is 169 Å². The van der Waals surface area contributed by atoms with Crippen molar-refractivity contribution in [2.24, 2.45) is 5.73 Å². The number of rotatable bonds is 8. The van der Waals surface area contributed by atoms with Crippen molar-refractivity contribution < 1.29 is 18.0 Å². The first-order valence-corrected chi connectivity index (χ1v) is 10.4. The van der Waals surface area contributed by atoms with Crippen LogP contribution in [0.25, 0.3) is 10.8 Å². The van der Waals surface area contributed by atoms with E-state index in [2.05, 4.69) is 10.0 Å². The third-order valence-electron chi connectivity index (χ3n) is 4.36. The fourth-order valence-corrected chi connectivity index (χ4v) is 4.12. The minimum atomic E-state index is -4.04. The SMILES string of the molecule is NC(=O)CC(NS(=O)(=O)c1ccc2ccccc2c1)C(=O)NCc1ccccc1. The topological polar surface area (TPSA) is 118 Å². The van der Waals surface area contributed by atoms with E-state index in [4.69, 9.17) is 5.73 Å². The number of carbonyl (C=O) groups excluding carboxylic acids is 2. The van der Waals surface area contributed by atoms with Gasteiger partial charge in [0.15, 0.2) is 0 Å². The maximum Gasteiger partial charge on any atom is 0.241 e. The maximum atomic E-state index is 12.8. The van der Waals surface area contributed by atoms with Crippen LogP contribution in [0.1, 0.15) is 12.0 Å². The highest BCUT2D eigenvalue weighted by Gasteiger charge is 2.27. The maximum absolute atomic E-state index is 12.8. The first kappa shape index (κ1) is 20.5. The highest BCUT2D eigenvalue weighted by molar-refractivity contribution is 7.89. The minimum absolute atomic E-state index is 0.00142. The van der Waals surface area contributed by atoms with E-state index in [1.165, 1.54) is 12.1 Å². The second-order valence-electron chi connectivity index (χ2n) is 6.56. The largest absolute Gasteiger partial charge is 0.370 e. The van der Waals surface area contributed by atoms with Crippen molar-refractivity contribution in [3.05, 3.63) is 78.4 Å². The molecule has 0 aliphatic rings. The van der Waals surface area contributed by atoms with Crippen LogP contribution >= 0.6 is 0 Å². The average Bonchev–Trinajstić information content (AvgIpc) is 2.71. The number of hydrogen-bond donors (Lipinski definition) is 3. The summed E-state index contributed by atoms with van der Waals surface area (Å²) in [6, 6.07) is 19.8. The molecule has 150 valence electrons. The van der Waals surface area contributed by atoms with Gasteiger partial charge in [0.05, 0.1) is 11.3 Å². The molecule has 0 heterocycles. The molecule has 0 radical (unpaired) electrons. The van der Waals surface area contributed by atoms with Crippen LogP contribution in [0, 0.1) is 0 Å². The normalized spacial score (nSPS) is 12.4. The first-order valence-electron chi connectivity index (χ1n) is 8.96. The lowest BCUT2D eigenvalue weighted by molar-refractivity contribution is -0.126. The van der Waals surface area contributed by atoms with Gasteiger partial charge >= 0.3 is 0 Å². The van der Waals surface area contributed by atoms with Gasteiger partial charge in [-0.3, -0.25) is 9.59 Å². The molecule has 0 saturated heterocycles. The van der Waals surface area contributed by atoms with E-state index in [0.29, 0.717) is 0 Å². The van der Waals surface area contributed by atoms with Crippen molar-refractivity contribution in [2.75, 3.05) is 0 Å². The van der Waals surface area contributed by atoms with Gasteiger partial charge in [0, 0.05) is 6.54 Å². The van der Waals surface area contributed by atoms with Crippen LogP contribution < -0.4 is 15.8 Å². The molecule has 7 nitrogen and oxygen atoms in total. The van der Waals surface area contributed by atoms with Crippen LogP contribution in [0.2, 0.25) is 0 Å². The summed E-state index contributed by atoms with van der Waals surface area (Å²) in [4.78, 5) is 23.9. The molecule has 3 aromatic carbocycles. The Morgan fingerprint density at radius 2 is 1.55 bits per heavy atom. The fourth-order valence-electron chi connectivity index (χ4n) is 2.89. The zero-order valence-corrected chi connectivity index (χ0v) is 16.4. The predicted octanol–water partition coefficient (Wildman–Crippen LogP) is 1.68. The van der Waals surface area contributed by atoms with Crippen molar-refractivity contribution in [3.8, 4) is 0 Å². The molecule has 2 amide bonds. The molecule has 1 unspecified atom stereocenters. The van der Waals surface area contributed by atoms with Gasteiger partial charge in [-0.1, -0.05) is 60.7 Å². The summed E-state index contributed by atoms with van der Waals surface area (Å²) in [7, 11) is -4.04. The van der Waals surface area contributed by atoms with E-state index < -0.39 is 34.3 Å². The lowest BCUT2D eigenvalue weighted by Crippen LogP contribution is -2.48. The number of sulfonamides is 1. The summed E-state index contributed by atoms with van der Waals surface area (Å²) >= 11 is 0. The number of nitrogens with one attached hydrogen (secondary N) is 2. The van der Waals surface area contributed by atoms with Gasteiger partial charge in [0.2, 0.25) is 21.8 Å². The number of nitrogens with two attached hydrogens (primary N) is 1. The van der Waals surface area contributed by atoms with Crippen molar-refractivity contribution >= 4 is 32.6 Å². The molecule has 29 heavy (non-hydrogen) atoms. The third kappa shape index (κ3) is 5.40. The highest BCUT2D eigenvalue weighted by atomic mass is 32.2. The molecule has 0 fully saturated rings. The highest BCUT2D eigenvalue weighted by Crippen LogP contribution is 2.19. The van der Waals surface area contributed by atoms with Crippen LogP contribution in [0.3, 0.4) is 0 Å². The number of primary amides is 1. The lowest BCUT2D eigenvalue weighted by Gasteiger charge is -2.17. The second-order valence-corrected chi connectivity index (χ2v) is 8.27. The Bertz CT molecular complexity index is 1130. The average molecular weight is 411 g/mol. The van der Waals surface area contributed by atoms with Crippen LogP contribution in [0.15, 0.2) is 77.7 Å². The number of amides is 2. The van der Waals surface area contributed by atoms with Crippen LogP contribution in [-0.2, 0) is 26.2 Å². The molecule has 0 spiro atoms. The van der Waals surface area contributed by atoms with Gasteiger partial charge < -0.3 is 11.1 Å². The molecule has 4 N–H and O–H groups in total. The van der Waals surface area contributed by atoms with Crippen molar-refractivity contribution in [1.82, 2.24) is 10.0 Å². The Kier molecular flexibility index (Phi) is 6.26. The molecule has 8 heteroatoms. The third-order valence-corrected chi connectivity index (χ3v) is 5.83.